The minimum absolute atomic E-state index is 0.105. The molecule has 2 aromatic carbocycles. The van der Waals surface area contributed by atoms with Crippen LogP contribution in [-0.2, 0) is 27.3 Å². The Hall–Kier alpha value is -3.98. The van der Waals surface area contributed by atoms with Crippen LogP contribution in [0.2, 0.25) is 0 Å². The van der Waals surface area contributed by atoms with Crippen LogP contribution in [-0.4, -0.2) is 62.4 Å². The molecule has 3 aromatic rings. The van der Waals surface area contributed by atoms with Gasteiger partial charge in [-0.1, -0.05) is 29.5 Å². The molecule has 3 rings (SSSR count). The number of aromatic nitrogens is 3. The van der Waals surface area contributed by atoms with E-state index < -0.39 is 61.1 Å². The van der Waals surface area contributed by atoms with Gasteiger partial charge < -0.3 is 21.5 Å². The van der Waals surface area contributed by atoms with Crippen molar-refractivity contribution in [3.63, 3.8) is 0 Å². The molecule has 5 N–H and O–H groups in total. The predicted octanol–water partition coefficient (Wildman–Crippen LogP) is 1.39. The highest BCUT2D eigenvalue weighted by Crippen LogP contribution is 2.23. The number of carbonyl (C=O) groups is 3. The molecule has 0 saturated carbocycles. The maximum atomic E-state index is 12.8. The van der Waals surface area contributed by atoms with Crippen LogP contribution in [0.1, 0.15) is 24.1 Å². The number of halogens is 3. The van der Waals surface area contributed by atoms with Crippen LogP contribution in [0, 0.1) is 0 Å². The lowest BCUT2D eigenvalue weighted by molar-refractivity contribution is -0.138. The lowest BCUT2D eigenvalue weighted by Crippen LogP contribution is -2.44. The van der Waals surface area contributed by atoms with Gasteiger partial charge in [0.1, 0.15) is 18.6 Å². The first kappa shape index (κ1) is 29.6. The fourth-order valence-corrected chi connectivity index (χ4v) is 4.35. The first-order chi connectivity index (χ1) is 18.3. The Morgan fingerprint density at radius 3 is 2.49 bits per heavy atom. The molecule has 11 nitrogen and oxygen atoms in total. The minimum Gasteiger partial charge on any atom is -0.480 e. The van der Waals surface area contributed by atoms with Gasteiger partial charge in [-0.2, -0.15) is 13.2 Å². The Labute approximate surface area is 223 Å². The van der Waals surface area contributed by atoms with E-state index in [2.05, 4.69) is 20.9 Å². The van der Waals surface area contributed by atoms with E-state index >= 15 is 0 Å². The van der Waals surface area contributed by atoms with Crippen molar-refractivity contribution in [1.82, 2.24) is 25.6 Å². The van der Waals surface area contributed by atoms with Crippen LogP contribution in [0.3, 0.4) is 0 Å². The van der Waals surface area contributed by atoms with Crippen molar-refractivity contribution in [2.75, 3.05) is 12.3 Å². The van der Waals surface area contributed by atoms with Gasteiger partial charge in [0.2, 0.25) is 11.8 Å². The van der Waals surface area contributed by atoms with Gasteiger partial charge in [-0.15, -0.1) is 16.9 Å². The molecule has 0 aliphatic rings. The van der Waals surface area contributed by atoms with E-state index in [1.54, 1.807) is 19.1 Å². The SMILES string of the molecule is C[C@H](NC(=O)Cn1nnc2cc(SC[C@H](N)C(=O)NCC(=O)O)ccc2c1=O)c1ccc(CC(F)(F)F)cc1. The fourth-order valence-electron chi connectivity index (χ4n) is 3.47. The van der Waals surface area contributed by atoms with E-state index in [1.165, 1.54) is 42.1 Å². The van der Waals surface area contributed by atoms with Crippen molar-refractivity contribution in [3.8, 4) is 0 Å². The number of nitrogens with zero attached hydrogens (tertiary/aromatic N) is 3. The lowest BCUT2D eigenvalue weighted by atomic mass is 10.0. The largest absolute Gasteiger partial charge is 0.480 e. The van der Waals surface area contributed by atoms with Crippen LogP contribution >= 0.6 is 11.8 Å². The molecule has 0 spiro atoms. The van der Waals surface area contributed by atoms with E-state index in [0.29, 0.717) is 10.5 Å². The zero-order valence-corrected chi connectivity index (χ0v) is 21.4. The average molecular weight is 567 g/mol. The summed E-state index contributed by atoms with van der Waals surface area (Å²) in [6.07, 6.45) is -5.36. The number of hydrogen-bond donors (Lipinski definition) is 4. The summed E-state index contributed by atoms with van der Waals surface area (Å²) in [5, 5.41) is 21.5. The molecule has 0 fully saturated rings. The Morgan fingerprint density at radius 2 is 1.85 bits per heavy atom. The number of carboxylic acid groups (broad SMARTS) is 1. The van der Waals surface area contributed by atoms with Gasteiger partial charge in [-0.05, 0) is 36.2 Å². The highest BCUT2D eigenvalue weighted by atomic mass is 32.2. The number of carboxylic acids is 1. The molecule has 208 valence electrons. The van der Waals surface area contributed by atoms with Gasteiger partial charge in [0.25, 0.3) is 5.56 Å². The summed E-state index contributed by atoms with van der Waals surface area (Å²) >= 11 is 1.21. The molecule has 0 bridgehead atoms. The number of amides is 2. The van der Waals surface area contributed by atoms with E-state index in [4.69, 9.17) is 10.8 Å². The second kappa shape index (κ2) is 12.7. The molecule has 0 aliphatic heterocycles. The summed E-state index contributed by atoms with van der Waals surface area (Å²) in [7, 11) is 0. The van der Waals surface area contributed by atoms with E-state index in [9.17, 15) is 32.3 Å². The van der Waals surface area contributed by atoms with Crippen molar-refractivity contribution in [3.05, 3.63) is 63.9 Å². The molecule has 0 saturated heterocycles. The number of benzene rings is 2. The van der Waals surface area contributed by atoms with E-state index in [-0.39, 0.29) is 22.2 Å². The van der Waals surface area contributed by atoms with Gasteiger partial charge in [-0.25, -0.2) is 4.68 Å². The summed E-state index contributed by atoms with van der Waals surface area (Å²) in [5.41, 5.74) is 6.17. The van der Waals surface area contributed by atoms with Crippen molar-refractivity contribution >= 4 is 40.4 Å². The maximum absolute atomic E-state index is 12.8. The second-order valence-electron chi connectivity index (χ2n) is 8.58. The molecule has 1 heterocycles. The van der Waals surface area contributed by atoms with Crippen molar-refractivity contribution in [2.45, 2.75) is 43.0 Å². The molecule has 1 aromatic heterocycles. The van der Waals surface area contributed by atoms with E-state index in [1.807, 2.05) is 0 Å². The number of fused-ring (bicyclic) bond motifs is 1. The molecule has 0 aliphatic carbocycles. The second-order valence-corrected chi connectivity index (χ2v) is 9.68. The molecule has 2 atom stereocenters. The summed E-state index contributed by atoms with van der Waals surface area (Å²) in [4.78, 5) is 48.3. The number of carbonyl (C=O) groups excluding carboxylic acids is 2. The first-order valence-corrected chi connectivity index (χ1v) is 12.5. The molecule has 2 amide bonds. The van der Waals surface area contributed by atoms with E-state index in [0.717, 1.165) is 4.68 Å². The highest BCUT2D eigenvalue weighted by molar-refractivity contribution is 7.99. The van der Waals surface area contributed by atoms with Crippen LogP contribution in [0.15, 0.2) is 52.2 Å². The summed E-state index contributed by atoms with van der Waals surface area (Å²) in [6, 6.07) is 8.90. The van der Waals surface area contributed by atoms with Crippen LogP contribution < -0.4 is 21.9 Å². The fraction of sp³-hybridized carbons (Fsp3) is 0.333. The molecule has 39 heavy (non-hydrogen) atoms. The Bertz CT molecular complexity index is 1410. The van der Waals surface area contributed by atoms with Crippen LogP contribution in [0.5, 0.6) is 0 Å². The molecular weight excluding hydrogens is 541 g/mol. The number of hydrogen-bond acceptors (Lipinski definition) is 8. The number of thioether (sulfide) groups is 1. The Balaban J connectivity index is 1.60. The molecule has 0 radical (unpaired) electrons. The molecule has 15 heteroatoms. The van der Waals surface area contributed by atoms with Gasteiger partial charge >= 0.3 is 12.1 Å². The van der Waals surface area contributed by atoms with Gasteiger partial charge in [-0.3, -0.25) is 19.2 Å². The van der Waals surface area contributed by atoms with Gasteiger partial charge in [0.05, 0.1) is 23.9 Å². The summed E-state index contributed by atoms with van der Waals surface area (Å²) in [6.45, 7) is 0.700. The number of rotatable bonds is 11. The normalized spacial score (nSPS) is 13.1. The zero-order chi connectivity index (χ0) is 28.7. The van der Waals surface area contributed by atoms with Crippen molar-refractivity contribution in [1.29, 1.82) is 0 Å². The molecular formula is C24H25F3N6O5S. The topological polar surface area (TPSA) is 169 Å². The maximum Gasteiger partial charge on any atom is 0.393 e. The van der Waals surface area contributed by atoms with Gasteiger partial charge in [0, 0.05) is 10.6 Å². The number of alkyl halides is 3. The standard InChI is InChI=1S/C24H25F3N6O5S/c1-13(15-4-2-14(3-5-15)9-24(25,26)27)30-20(34)11-33-23(38)17-7-6-16(8-19(17)31-32-33)39-12-18(28)22(37)29-10-21(35)36/h2-8,13,18H,9-12,28H2,1H3,(H,29,37)(H,30,34)(H,35,36)/t13-,18-/m0/s1. The highest BCUT2D eigenvalue weighted by Gasteiger charge is 2.27. The molecule has 0 unspecified atom stereocenters. The first-order valence-electron chi connectivity index (χ1n) is 11.5. The smallest absolute Gasteiger partial charge is 0.393 e. The van der Waals surface area contributed by atoms with Gasteiger partial charge in [0.15, 0.2) is 0 Å². The minimum atomic E-state index is -4.31. The van der Waals surface area contributed by atoms with Crippen molar-refractivity contribution in [2.24, 2.45) is 5.73 Å². The van der Waals surface area contributed by atoms with Crippen LogP contribution in [0.25, 0.3) is 10.9 Å². The third-order valence-corrected chi connectivity index (χ3v) is 6.54. The Morgan fingerprint density at radius 1 is 1.15 bits per heavy atom. The monoisotopic (exact) mass is 566 g/mol. The lowest BCUT2D eigenvalue weighted by Gasteiger charge is -2.15. The number of nitrogens with one attached hydrogen (secondary N) is 2. The number of aliphatic carboxylic acids is 1. The third kappa shape index (κ3) is 8.78. The number of nitrogens with two attached hydrogens (primary N) is 1. The van der Waals surface area contributed by atoms with Crippen molar-refractivity contribution < 1.29 is 32.7 Å². The third-order valence-electron chi connectivity index (χ3n) is 5.43. The summed E-state index contributed by atoms with van der Waals surface area (Å²) < 4.78 is 38.5. The Kier molecular flexibility index (Phi) is 9.64. The predicted molar refractivity (Wildman–Crippen MR) is 136 cm³/mol. The van der Waals surface area contributed by atoms with Crippen LogP contribution in [0.4, 0.5) is 13.2 Å². The summed E-state index contributed by atoms with van der Waals surface area (Å²) in [5.74, 6) is -2.20. The average Bonchev–Trinajstić information content (AvgIpc) is 2.86. The zero-order valence-electron chi connectivity index (χ0n) is 20.6. The quantitative estimate of drug-likeness (QED) is 0.251.